The van der Waals surface area contributed by atoms with E-state index in [1.807, 2.05) is 117 Å². The maximum absolute atomic E-state index is 12.7. The van der Waals surface area contributed by atoms with E-state index in [4.69, 9.17) is 6.17 Å². The average molecular weight is 1210 g/mol. The van der Waals surface area contributed by atoms with Crippen LogP contribution in [0, 0.1) is 16.2 Å². The highest BCUT2D eigenvalue weighted by Crippen LogP contribution is 2.44. The molecule has 74 heavy (non-hydrogen) atoms. The van der Waals surface area contributed by atoms with Gasteiger partial charge in [-0.25, -0.2) is 10.2 Å². The maximum Gasteiger partial charge on any atom is 0.407 e. The maximum atomic E-state index is 12.7. The summed E-state index contributed by atoms with van der Waals surface area (Å²) in [5.41, 5.74) is 6.50. The van der Waals surface area contributed by atoms with Crippen molar-refractivity contribution in [1.29, 1.82) is 0 Å². The first-order valence-electron chi connectivity index (χ1n) is 24.4. The lowest BCUT2D eigenvalue weighted by atomic mass is 9.98. The molecule has 0 saturated carbocycles. The number of alkyl carbamates (subject to hydrolysis) is 1. The smallest absolute Gasteiger partial charge is 0.407 e. The molecule has 0 radical (unpaired) electrons. The van der Waals surface area contributed by atoms with Crippen LogP contribution in [0.15, 0.2) is 78.9 Å². The number of ether oxygens (including phenoxy) is 1. The number of nitrogens with one attached hydrogen (secondary N) is 2. The zero-order valence-corrected chi connectivity index (χ0v) is 53.1. The standard InChI is InChI=1S/C28H35NO4S4.C16H24N2O3S2.C7H14OS2.C2H6S2/c1-27(2,3)24(30)34-14-16-36-37-17-15-35-25(31)28(4,5)29-26(32)33-18-23-21-12-8-6-10-19(21)20-11-7-9-13-22(20)23;1-16(2,3)15(20)23-10-9-18(21)17-13(14(19)22)11-12-7-5-4-6-8-12;1-7(2,3)6(8)10-5-4-9;3-1-2-4/h6-13,23H,14-18H2,1-5H3,(H,29,32);4-8,13,17,21H,9-11H2,1-3H3,(H,19,22);9H,4-5H2,1-3H3;3-4H,1-2H2/i;21T;;. The number of thiol groups is 4. The third kappa shape index (κ3) is 29.0. The van der Waals surface area contributed by atoms with Crippen LogP contribution in [-0.2, 0) is 35.1 Å². The van der Waals surface area contributed by atoms with Crippen molar-refractivity contribution >= 4 is 151 Å². The second kappa shape index (κ2) is 36.8. The number of carbonyl (C=O) groups is 6. The number of benzene rings is 3. The van der Waals surface area contributed by atoms with Crippen molar-refractivity contribution in [2.24, 2.45) is 16.2 Å². The number of carbonyl (C=O) groups excluding carboxylic acids is 6. The molecule has 11 nitrogen and oxygen atoms in total. The Morgan fingerprint density at radius 2 is 1.04 bits per heavy atom. The van der Waals surface area contributed by atoms with Crippen molar-refractivity contribution < 1.29 is 40.1 Å². The molecule has 0 bridgehead atoms. The second-order valence-corrected chi connectivity index (χ2v) is 28.8. The van der Waals surface area contributed by atoms with Crippen LogP contribution in [0.2, 0.25) is 1.43 Å². The SMILES string of the molecule is CC(C)(C)C(=O)SCCS.CC(C)(C)C(=O)SCCSSCCSC(=O)C(C)(C)NC(=O)OCC1c2ccccc2-c2ccccc21.SCCS.[3H]ON(CCSC(=O)C(C)(C)C)NC(Cc1ccccc1)C(=O)S. The van der Waals surface area contributed by atoms with Crippen LogP contribution in [0.4, 0.5) is 4.79 Å². The first-order valence-corrected chi connectivity index (χ1v) is 32.7. The van der Waals surface area contributed by atoms with Gasteiger partial charge in [-0.15, -0.1) is 17.8 Å². The van der Waals surface area contributed by atoms with Gasteiger partial charge in [0.05, 0.1) is 6.04 Å². The molecule has 3 aromatic rings. The van der Waals surface area contributed by atoms with Gasteiger partial charge >= 0.3 is 6.09 Å². The third-order valence-corrected chi connectivity index (χ3v) is 19.4. The van der Waals surface area contributed by atoms with Crippen molar-refractivity contribution in [2.45, 2.75) is 100 Å². The number of hydroxylamine groups is 1. The molecular formula is C53H79N3O8S10. The summed E-state index contributed by atoms with van der Waals surface area (Å²) < 4.78 is 12.7. The van der Waals surface area contributed by atoms with Crippen LogP contribution in [0.25, 0.3) is 11.1 Å². The summed E-state index contributed by atoms with van der Waals surface area (Å²) in [5, 5.41) is 8.47. The summed E-state index contributed by atoms with van der Waals surface area (Å²) >= 11 is 20.7. The molecule has 3 aromatic carbocycles. The van der Waals surface area contributed by atoms with Crippen molar-refractivity contribution in [1.82, 2.24) is 15.9 Å². The predicted molar refractivity (Wildman–Crippen MR) is 337 cm³/mol. The monoisotopic (exact) mass is 1210 g/mol. The number of fused-ring (bicyclic) bond motifs is 3. The summed E-state index contributed by atoms with van der Waals surface area (Å²) in [7, 11) is 3.41. The molecule has 1 aliphatic rings. The summed E-state index contributed by atoms with van der Waals surface area (Å²) in [4.78, 5) is 72.0. The van der Waals surface area contributed by atoms with E-state index in [-0.39, 0.29) is 55.5 Å². The van der Waals surface area contributed by atoms with Crippen molar-refractivity contribution in [2.75, 3.05) is 64.9 Å². The zero-order valence-electron chi connectivity index (χ0n) is 45.6. The molecule has 0 saturated heterocycles. The Labute approximate surface area is 490 Å². The molecule has 0 heterocycles. The zero-order chi connectivity index (χ0) is 56.8. The van der Waals surface area contributed by atoms with E-state index in [2.05, 4.69) is 90.7 Å². The van der Waals surface area contributed by atoms with E-state index in [1.165, 1.54) is 58.2 Å². The molecule has 1 aliphatic carbocycles. The van der Waals surface area contributed by atoms with Crippen LogP contribution in [0.3, 0.4) is 0 Å². The fraction of sp³-hybridized carbons (Fsp3) is 0.547. The Hall–Kier alpha value is -1.34. The van der Waals surface area contributed by atoms with E-state index < -0.39 is 23.1 Å². The quantitative estimate of drug-likeness (QED) is 0.0208. The lowest BCUT2D eigenvalue weighted by Gasteiger charge is -2.24. The van der Waals surface area contributed by atoms with E-state index in [9.17, 15) is 28.8 Å². The molecule has 414 valence electrons. The van der Waals surface area contributed by atoms with Gasteiger partial charge in [-0.05, 0) is 65.3 Å². The number of hydrogen-bond donors (Lipinski definition) is 7. The number of nitrogens with zero attached hydrogens (tertiary/aromatic N) is 1. The molecule has 3 N–H and O–H groups in total. The number of rotatable bonds is 23. The van der Waals surface area contributed by atoms with Crippen molar-refractivity contribution in [3.05, 3.63) is 95.6 Å². The Bertz CT molecular complexity index is 2160. The Morgan fingerprint density at radius 1 is 0.608 bits per heavy atom. The average Bonchev–Trinajstić information content (AvgIpc) is 3.67. The molecule has 4 rings (SSSR count). The molecule has 1 amide bonds. The van der Waals surface area contributed by atoms with Gasteiger partial charge < -0.3 is 10.1 Å². The fourth-order valence-corrected chi connectivity index (χ4v) is 12.5. The first kappa shape index (κ1) is 68.8. The lowest BCUT2D eigenvalue weighted by molar-refractivity contribution is -0.147. The van der Waals surface area contributed by atoms with Crippen molar-refractivity contribution in [3.8, 4) is 11.1 Å². The molecule has 0 aromatic heterocycles. The molecular weight excluding hydrogens is 1130 g/mol. The highest BCUT2D eigenvalue weighted by molar-refractivity contribution is 8.76. The van der Waals surface area contributed by atoms with Crippen molar-refractivity contribution in [3.63, 3.8) is 0 Å². The molecule has 0 aliphatic heterocycles. The number of thioether (sulfide) groups is 4. The van der Waals surface area contributed by atoms with E-state index in [0.717, 1.165) is 62.1 Å². The summed E-state index contributed by atoms with van der Waals surface area (Å²) in [6, 6.07) is 25.3. The van der Waals surface area contributed by atoms with Gasteiger partial charge in [0.2, 0.25) is 11.7 Å². The second-order valence-electron chi connectivity index (χ2n) is 20.0. The van der Waals surface area contributed by atoms with Crippen LogP contribution in [-0.4, -0.2) is 119 Å². The number of amides is 1. The summed E-state index contributed by atoms with van der Waals surface area (Å²) in [6.07, 6.45) is -0.162. The van der Waals surface area contributed by atoms with Gasteiger partial charge in [0, 0.05) is 63.2 Å². The lowest BCUT2D eigenvalue weighted by Crippen LogP contribution is -2.49. The summed E-state index contributed by atoms with van der Waals surface area (Å²) in [6.45, 7) is 21.1. The number of hydrazine groups is 1. The third-order valence-electron chi connectivity index (χ3n) is 9.82. The van der Waals surface area contributed by atoms with Gasteiger partial charge in [-0.2, -0.15) is 37.9 Å². The Kier molecular flexibility index (Phi) is 34.2. The fourth-order valence-electron chi connectivity index (χ4n) is 5.86. The highest BCUT2D eigenvalue weighted by Gasteiger charge is 2.33. The van der Waals surface area contributed by atoms with E-state index in [1.54, 1.807) is 35.4 Å². The van der Waals surface area contributed by atoms with Gasteiger partial charge in [-0.1, -0.05) is 210 Å². The van der Waals surface area contributed by atoms with Gasteiger partial charge in [0.15, 0.2) is 15.3 Å². The molecule has 0 fully saturated rings. The van der Waals surface area contributed by atoms with Crippen LogP contribution in [0.1, 0.15) is 98.8 Å². The minimum atomic E-state index is -1.03. The topological polar surface area (TPSA) is 159 Å². The Morgan fingerprint density at radius 3 is 1.47 bits per heavy atom. The van der Waals surface area contributed by atoms with Crippen LogP contribution in [0.5, 0.6) is 0 Å². The van der Waals surface area contributed by atoms with E-state index in [0.29, 0.717) is 17.9 Å². The van der Waals surface area contributed by atoms with Gasteiger partial charge in [0.1, 0.15) is 12.1 Å². The first-order chi connectivity index (χ1) is 35.1. The summed E-state index contributed by atoms with van der Waals surface area (Å²) in [5.74, 6) is 6.89. The molecule has 1 atom stereocenters. The normalized spacial score (nSPS) is 12.8. The molecule has 0 spiro atoms. The minimum absolute atomic E-state index is 0.0224. The van der Waals surface area contributed by atoms with Gasteiger partial charge in [-0.3, -0.25) is 29.2 Å². The van der Waals surface area contributed by atoms with Crippen LogP contribution >= 0.6 is 119 Å². The van der Waals surface area contributed by atoms with Gasteiger partial charge in [0.25, 0.3) is 0 Å². The predicted octanol–water partition coefficient (Wildman–Crippen LogP) is 12.9. The van der Waals surface area contributed by atoms with E-state index >= 15 is 0 Å². The molecule has 1 unspecified atom stereocenters. The molecule has 21 heteroatoms. The number of hydrogen-bond acceptors (Lipinski definition) is 19. The van der Waals surface area contributed by atoms with Crippen LogP contribution < -0.4 is 10.7 Å². The minimum Gasteiger partial charge on any atom is -0.449 e. The Balaban J connectivity index is 0.000000629. The highest BCUT2D eigenvalue weighted by atomic mass is 33.1. The largest absolute Gasteiger partial charge is 0.449 e.